The Kier molecular flexibility index (Phi) is 6.59. The van der Waals surface area contributed by atoms with E-state index in [2.05, 4.69) is 20.7 Å². The second-order valence-corrected chi connectivity index (χ2v) is 5.14. The van der Waals surface area contributed by atoms with Crippen molar-refractivity contribution in [1.29, 1.82) is 0 Å². The van der Waals surface area contributed by atoms with Crippen molar-refractivity contribution in [3.8, 4) is 11.3 Å². The molecule has 2 aromatic rings. The summed E-state index contributed by atoms with van der Waals surface area (Å²) in [5.41, 5.74) is 2.12. The molecular weight excluding hydrogens is 274 g/mol. The summed E-state index contributed by atoms with van der Waals surface area (Å²) in [4.78, 5) is 8.62. The van der Waals surface area contributed by atoms with Crippen LogP contribution in [0.15, 0.2) is 29.9 Å². The van der Waals surface area contributed by atoms with E-state index in [9.17, 15) is 0 Å². The first-order valence-corrected chi connectivity index (χ1v) is 7.52. The van der Waals surface area contributed by atoms with Crippen molar-refractivity contribution >= 4 is 11.3 Å². The van der Waals surface area contributed by atoms with Crippen LogP contribution < -0.4 is 5.32 Å². The summed E-state index contributed by atoms with van der Waals surface area (Å²) < 4.78 is 5.17. The van der Waals surface area contributed by atoms with Gasteiger partial charge in [-0.15, -0.1) is 11.3 Å². The van der Waals surface area contributed by atoms with Gasteiger partial charge in [0.05, 0.1) is 30.5 Å². The zero-order valence-corrected chi connectivity index (χ0v) is 12.1. The highest BCUT2D eigenvalue weighted by atomic mass is 32.1. The van der Waals surface area contributed by atoms with E-state index in [1.165, 1.54) is 0 Å². The van der Waals surface area contributed by atoms with E-state index in [-0.39, 0.29) is 6.61 Å². The zero-order chi connectivity index (χ0) is 14.0. The molecule has 0 aliphatic carbocycles. The van der Waals surface area contributed by atoms with Gasteiger partial charge >= 0.3 is 0 Å². The largest absolute Gasteiger partial charge is 0.394 e. The minimum atomic E-state index is 0.0803. The number of aliphatic hydroxyl groups is 1. The molecule has 0 aliphatic rings. The van der Waals surface area contributed by atoms with Crippen LogP contribution in [0.25, 0.3) is 11.3 Å². The Bertz CT molecular complexity index is 490. The molecule has 6 heteroatoms. The molecule has 2 heterocycles. The van der Waals surface area contributed by atoms with Gasteiger partial charge < -0.3 is 15.2 Å². The Hall–Kier alpha value is -1.34. The van der Waals surface area contributed by atoms with Gasteiger partial charge in [-0.2, -0.15) is 0 Å². The van der Waals surface area contributed by atoms with Gasteiger partial charge in [0.1, 0.15) is 0 Å². The molecule has 0 bridgehead atoms. The number of rotatable bonds is 9. The molecule has 2 N–H and O–H groups in total. The Labute approximate surface area is 122 Å². The normalized spacial score (nSPS) is 10.8. The van der Waals surface area contributed by atoms with Crippen LogP contribution in [0.1, 0.15) is 5.01 Å². The third-order valence-electron chi connectivity index (χ3n) is 2.70. The highest BCUT2D eigenvalue weighted by Gasteiger charge is 2.03. The third-order valence-corrected chi connectivity index (χ3v) is 3.61. The lowest BCUT2D eigenvalue weighted by atomic mass is 10.2. The number of ether oxygens (including phenoxy) is 1. The third kappa shape index (κ3) is 4.97. The lowest BCUT2D eigenvalue weighted by Gasteiger charge is -2.03. The number of hydrogen-bond donors (Lipinski definition) is 2. The molecule has 108 valence electrons. The van der Waals surface area contributed by atoms with Crippen LogP contribution in [0.2, 0.25) is 0 Å². The Morgan fingerprint density at radius 1 is 1.20 bits per heavy atom. The van der Waals surface area contributed by atoms with Gasteiger partial charge in [0.25, 0.3) is 0 Å². The van der Waals surface area contributed by atoms with E-state index in [4.69, 9.17) is 9.84 Å². The topological polar surface area (TPSA) is 67.3 Å². The van der Waals surface area contributed by atoms with E-state index in [1.54, 1.807) is 23.7 Å². The minimum absolute atomic E-state index is 0.0803. The summed E-state index contributed by atoms with van der Waals surface area (Å²) in [5, 5.41) is 15.1. The van der Waals surface area contributed by atoms with Gasteiger partial charge in [0.15, 0.2) is 0 Å². The molecule has 0 saturated carbocycles. The van der Waals surface area contributed by atoms with Crippen LogP contribution in [0.3, 0.4) is 0 Å². The average molecular weight is 293 g/mol. The number of nitrogens with zero attached hydrogens (tertiary/aromatic N) is 2. The van der Waals surface area contributed by atoms with E-state index in [0.29, 0.717) is 13.2 Å². The van der Waals surface area contributed by atoms with E-state index >= 15 is 0 Å². The molecule has 20 heavy (non-hydrogen) atoms. The Morgan fingerprint density at radius 3 is 2.85 bits per heavy atom. The SMILES string of the molecule is OCCOCCNCCc1nc(-c2ccncc2)cs1. The summed E-state index contributed by atoms with van der Waals surface area (Å²) >= 11 is 1.68. The molecule has 0 unspecified atom stereocenters. The molecule has 0 aromatic carbocycles. The maximum Gasteiger partial charge on any atom is 0.0945 e. The molecule has 0 spiro atoms. The fourth-order valence-electron chi connectivity index (χ4n) is 1.71. The van der Waals surface area contributed by atoms with Crippen LogP contribution >= 0.6 is 11.3 Å². The molecule has 0 amide bonds. The molecule has 0 saturated heterocycles. The molecule has 5 nitrogen and oxygen atoms in total. The number of hydrogen-bond acceptors (Lipinski definition) is 6. The number of pyridine rings is 1. The van der Waals surface area contributed by atoms with Crippen molar-refractivity contribution in [3.05, 3.63) is 34.9 Å². The van der Waals surface area contributed by atoms with Gasteiger partial charge in [0.2, 0.25) is 0 Å². The van der Waals surface area contributed by atoms with E-state index < -0.39 is 0 Å². The van der Waals surface area contributed by atoms with Crippen LogP contribution in [-0.4, -0.2) is 48.0 Å². The van der Waals surface area contributed by atoms with Gasteiger partial charge in [0, 0.05) is 42.8 Å². The fraction of sp³-hybridized carbons (Fsp3) is 0.429. The molecular formula is C14H19N3O2S. The van der Waals surface area contributed by atoms with Crippen molar-refractivity contribution in [2.45, 2.75) is 6.42 Å². The molecule has 2 rings (SSSR count). The first-order chi connectivity index (χ1) is 9.90. The smallest absolute Gasteiger partial charge is 0.0945 e. The maximum absolute atomic E-state index is 8.56. The van der Waals surface area contributed by atoms with Crippen molar-refractivity contribution in [1.82, 2.24) is 15.3 Å². The molecule has 2 aromatic heterocycles. The average Bonchev–Trinajstić information content (AvgIpc) is 2.96. The summed E-state index contributed by atoms with van der Waals surface area (Å²) in [6, 6.07) is 3.94. The van der Waals surface area contributed by atoms with Gasteiger partial charge in [-0.05, 0) is 12.1 Å². The van der Waals surface area contributed by atoms with Crippen molar-refractivity contribution in [3.63, 3.8) is 0 Å². The predicted molar refractivity (Wildman–Crippen MR) is 79.8 cm³/mol. The predicted octanol–water partition coefficient (Wildman–Crippen LogP) is 1.35. The van der Waals surface area contributed by atoms with Gasteiger partial charge in [-0.1, -0.05) is 0 Å². The number of nitrogens with one attached hydrogen (secondary N) is 1. The number of thiazole rings is 1. The van der Waals surface area contributed by atoms with Crippen LogP contribution in [0.5, 0.6) is 0 Å². The summed E-state index contributed by atoms with van der Waals surface area (Å²) in [6.07, 6.45) is 4.47. The lowest BCUT2D eigenvalue weighted by molar-refractivity contribution is 0.0940. The second-order valence-electron chi connectivity index (χ2n) is 4.20. The van der Waals surface area contributed by atoms with Gasteiger partial charge in [-0.25, -0.2) is 4.98 Å². The van der Waals surface area contributed by atoms with Gasteiger partial charge in [-0.3, -0.25) is 4.98 Å². The first-order valence-electron chi connectivity index (χ1n) is 6.64. The highest BCUT2D eigenvalue weighted by molar-refractivity contribution is 7.09. The van der Waals surface area contributed by atoms with Crippen molar-refractivity contribution in [2.75, 3.05) is 32.9 Å². The summed E-state index contributed by atoms with van der Waals surface area (Å²) in [6.45, 7) is 2.79. The lowest BCUT2D eigenvalue weighted by Crippen LogP contribution is -2.22. The highest BCUT2D eigenvalue weighted by Crippen LogP contribution is 2.21. The number of aliphatic hydroxyl groups excluding tert-OH is 1. The van der Waals surface area contributed by atoms with Crippen molar-refractivity contribution < 1.29 is 9.84 Å². The first kappa shape index (κ1) is 15.1. The van der Waals surface area contributed by atoms with Crippen molar-refractivity contribution in [2.24, 2.45) is 0 Å². The maximum atomic E-state index is 8.56. The number of aromatic nitrogens is 2. The molecule has 0 atom stereocenters. The Morgan fingerprint density at radius 2 is 2.05 bits per heavy atom. The van der Waals surface area contributed by atoms with Crippen LogP contribution in [0.4, 0.5) is 0 Å². The zero-order valence-electron chi connectivity index (χ0n) is 11.3. The quantitative estimate of drug-likeness (QED) is 0.683. The monoisotopic (exact) mass is 293 g/mol. The van der Waals surface area contributed by atoms with Crippen LogP contribution in [0, 0.1) is 0 Å². The van der Waals surface area contributed by atoms with E-state index in [1.807, 2.05) is 12.1 Å². The Balaban J connectivity index is 1.69. The summed E-state index contributed by atoms with van der Waals surface area (Å²) in [5.74, 6) is 0. The molecule has 0 fully saturated rings. The molecule has 0 radical (unpaired) electrons. The van der Waals surface area contributed by atoms with Crippen LogP contribution in [-0.2, 0) is 11.2 Å². The standard InChI is InChI=1S/C14H19N3O2S/c18-8-10-19-9-7-16-6-3-14-17-13(11-20-14)12-1-4-15-5-2-12/h1-2,4-5,11,16,18H,3,6-10H2. The van der Waals surface area contributed by atoms with E-state index in [0.717, 1.165) is 35.8 Å². The molecule has 0 aliphatic heterocycles. The minimum Gasteiger partial charge on any atom is -0.394 e. The second kappa shape index (κ2) is 8.76. The fourth-order valence-corrected chi connectivity index (χ4v) is 2.52. The summed E-state index contributed by atoms with van der Waals surface area (Å²) in [7, 11) is 0.